The van der Waals surface area contributed by atoms with Crippen LogP contribution in [0.3, 0.4) is 0 Å². The van der Waals surface area contributed by atoms with Crippen LogP contribution in [0, 0.1) is 0 Å². The van der Waals surface area contributed by atoms with Crippen LogP contribution in [0.4, 0.5) is 0 Å². The summed E-state index contributed by atoms with van der Waals surface area (Å²) in [5.41, 5.74) is 2.10. The van der Waals surface area contributed by atoms with Crippen LogP contribution >= 0.6 is 0 Å². The van der Waals surface area contributed by atoms with Crippen molar-refractivity contribution in [2.45, 2.75) is 38.9 Å². The van der Waals surface area contributed by atoms with Crippen molar-refractivity contribution in [2.24, 2.45) is 0 Å². The number of rotatable bonds is 7. The highest BCUT2D eigenvalue weighted by Gasteiger charge is 2.35. The van der Waals surface area contributed by atoms with Crippen molar-refractivity contribution in [3.05, 3.63) is 65.5 Å². The third-order valence-electron chi connectivity index (χ3n) is 6.12. The molecule has 0 radical (unpaired) electrons. The molecule has 2 heterocycles. The number of hydrogen-bond acceptors (Lipinski definition) is 7. The van der Waals surface area contributed by atoms with E-state index in [1.165, 1.54) is 5.56 Å². The number of benzene rings is 2. The van der Waals surface area contributed by atoms with Gasteiger partial charge >= 0.3 is 0 Å². The Hall–Kier alpha value is -2.97. The Balaban J connectivity index is 1.66. The molecule has 1 aliphatic heterocycles. The van der Waals surface area contributed by atoms with Crippen molar-refractivity contribution in [1.29, 1.82) is 0 Å². The van der Waals surface area contributed by atoms with Crippen LogP contribution in [0.1, 0.15) is 43.8 Å². The topological polar surface area (TPSA) is 68.5 Å². The monoisotopic (exact) mass is 450 g/mol. The Bertz CT molecular complexity index is 1040. The van der Waals surface area contributed by atoms with Crippen LogP contribution in [-0.2, 0) is 12.1 Å². The summed E-state index contributed by atoms with van der Waals surface area (Å²) in [5.74, 6) is 2.24. The predicted molar refractivity (Wildman–Crippen MR) is 127 cm³/mol. The van der Waals surface area contributed by atoms with Gasteiger partial charge in [-0.15, -0.1) is 5.10 Å². The molecule has 4 rings (SSSR count). The lowest BCUT2D eigenvalue weighted by Crippen LogP contribution is -2.48. The van der Waals surface area contributed by atoms with E-state index < -0.39 is 0 Å². The first kappa shape index (κ1) is 23.2. The van der Waals surface area contributed by atoms with Crippen LogP contribution in [-0.4, -0.2) is 70.4 Å². The van der Waals surface area contributed by atoms with E-state index in [0.29, 0.717) is 5.75 Å². The van der Waals surface area contributed by atoms with Crippen LogP contribution < -0.4 is 9.47 Å². The van der Waals surface area contributed by atoms with Crippen LogP contribution in [0.25, 0.3) is 0 Å². The molecule has 2 aromatic carbocycles. The molecule has 1 aliphatic rings. The van der Waals surface area contributed by atoms with Crippen molar-refractivity contribution in [3.8, 4) is 11.5 Å². The Morgan fingerprint density at radius 3 is 2.27 bits per heavy atom. The average molecular weight is 451 g/mol. The van der Waals surface area contributed by atoms with Crippen LogP contribution in [0.5, 0.6) is 11.5 Å². The zero-order chi connectivity index (χ0) is 23.4. The highest BCUT2D eigenvalue weighted by molar-refractivity contribution is 5.49. The Labute approximate surface area is 196 Å². The summed E-state index contributed by atoms with van der Waals surface area (Å²) in [6.07, 6.45) is 0. The summed E-state index contributed by atoms with van der Waals surface area (Å²) >= 11 is 0. The Morgan fingerprint density at radius 1 is 0.909 bits per heavy atom. The highest BCUT2D eigenvalue weighted by atomic mass is 16.5. The van der Waals surface area contributed by atoms with E-state index >= 15 is 0 Å². The number of tetrazole rings is 1. The standard InChI is InChI=1S/C25H34N6O2/c1-25(2,3)31-24(26-27-28-31)22(20-12-9-13-21(32-4)23(20)33-5)30-16-14-29(15-17-30)18-19-10-7-6-8-11-19/h6-13,22H,14-18H2,1-5H3/t22-/m0/s1. The largest absolute Gasteiger partial charge is 0.493 e. The SMILES string of the molecule is COc1cccc([C@@H](c2nnnn2C(C)(C)C)N2CCN(Cc3ccccc3)CC2)c1OC. The average Bonchev–Trinajstić information content (AvgIpc) is 3.31. The molecule has 33 heavy (non-hydrogen) atoms. The first-order chi connectivity index (χ1) is 15.9. The molecule has 0 unspecified atom stereocenters. The molecule has 8 nitrogen and oxygen atoms in total. The lowest BCUT2D eigenvalue weighted by atomic mass is 10.00. The molecular weight excluding hydrogens is 416 g/mol. The van der Waals surface area contributed by atoms with Gasteiger partial charge in [-0.1, -0.05) is 42.5 Å². The van der Waals surface area contributed by atoms with Gasteiger partial charge in [0.1, 0.15) is 6.04 Å². The normalized spacial score (nSPS) is 16.5. The minimum atomic E-state index is -0.252. The number of hydrogen-bond donors (Lipinski definition) is 0. The van der Waals surface area contributed by atoms with E-state index in [4.69, 9.17) is 9.47 Å². The van der Waals surface area contributed by atoms with Gasteiger partial charge in [0, 0.05) is 38.3 Å². The number of ether oxygens (including phenoxy) is 2. The van der Waals surface area contributed by atoms with Gasteiger partial charge in [-0.25, -0.2) is 4.68 Å². The molecular formula is C25H34N6O2. The van der Waals surface area contributed by atoms with Gasteiger partial charge in [-0.2, -0.15) is 0 Å². The molecule has 176 valence electrons. The number of nitrogens with zero attached hydrogens (tertiary/aromatic N) is 6. The fraction of sp³-hybridized carbons (Fsp3) is 0.480. The van der Waals surface area contributed by atoms with Crippen molar-refractivity contribution in [1.82, 2.24) is 30.0 Å². The van der Waals surface area contributed by atoms with E-state index in [0.717, 1.165) is 49.9 Å². The first-order valence-corrected chi connectivity index (χ1v) is 11.4. The number of aromatic nitrogens is 4. The van der Waals surface area contributed by atoms with E-state index in [2.05, 4.69) is 82.5 Å². The van der Waals surface area contributed by atoms with Gasteiger partial charge in [-0.3, -0.25) is 9.80 Å². The first-order valence-electron chi connectivity index (χ1n) is 11.4. The smallest absolute Gasteiger partial charge is 0.173 e. The third kappa shape index (κ3) is 5.02. The van der Waals surface area contributed by atoms with Crippen LogP contribution in [0.2, 0.25) is 0 Å². The summed E-state index contributed by atoms with van der Waals surface area (Å²) in [4.78, 5) is 4.95. The van der Waals surface area contributed by atoms with Gasteiger partial charge in [-0.05, 0) is 42.8 Å². The Kier molecular flexibility index (Phi) is 6.95. The van der Waals surface area contributed by atoms with E-state index in [-0.39, 0.29) is 11.6 Å². The summed E-state index contributed by atoms with van der Waals surface area (Å²) in [6, 6.07) is 16.5. The maximum Gasteiger partial charge on any atom is 0.173 e. The highest BCUT2D eigenvalue weighted by Crippen LogP contribution is 2.40. The summed E-state index contributed by atoms with van der Waals surface area (Å²) in [7, 11) is 3.35. The predicted octanol–water partition coefficient (Wildman–Crippen LogP) is 3.35. The molecule has 0 aliphatic carbocycles. The van der Waals surface area contributed by atoms with Gasteiger partial charge in [0.2, 0.25) is 0 Å². The number of piperazine rings is 1. The molecule has 0 spiro atoms. The Morgan fingerprint density at radius 2 is 1.64 bits per heavy atom. The fourth-order valence-corrected chi connectivity index (χ4v) is 4.49. The fourth-order valence-electron chi connectivity index (χ4n) is 4.49. The van der Waals surface area contributed by atoms with E-state index in [1.54, 1.807) is 14.2 Å². The molecule has 0 N–H and O–H groups in total. The van der Waals surface area contributed by atoms with Gasteiger partial charge in [0.25, 0.3) is 0 Å². The number of methoxy groups -OCH3 is 2. The van der Waals surface area contributed by atoms with E-state index in [9.17, 15) is 0 Å². The number of para-hydroxylation sites is 1. The minimum Gasteiger partial charge on any atom is -0.493 e. The van der Waals surface area contributed by atoms with Crippen molar-refractivity contribution in [3.63, 3.8) is 0 Å². The molecule has 1 aromatic heterocycles. The van der Waals surface area contributed by atoms with E-state index in [1.807, 2.05) is 16.8 Å². The summed E-state index contributed by atoms with van der Waals surface area (Å²) < 4.78 is 13.3. The molecule has 8 heteroatoms. The summed E-state index contributed by atoms with van der Waals surface area (Å²) in [6.45, 7) is 11.0. The molecule has 0 amide bonds. The molecule has 1 fully saturated rings. The molecule has 1 atom stereocenters. The van der Waals surface area contributed by atoms with Gasteiger partial charge in [0.05, 0.1) is 19.8 Å². The van der Waals surface area contributed by atoms with Crippen LogP contribution in [0.15, 0.2) is 48.5 Å². The minimum absolute atomic E-state index is 0.150. The van der Waals surface area contributed by atoms with Crippen molar-refractivity contribution < 1.29 is 9.47 Å². The third-order valence-corrected chi connectivity index (χ3v) is 6.12. The lowest BCUT2D eigenvalue weighted by Gasteiger charge is -2.40. The van der Waals surface area contributed by atoms with Crippen molar-refractivity contribution >= 4 is 0 Å². The second-order valence-electron chi connectivity index (χ2n) is 9.40. The van der Waals surface area contributed by atoms with Gasteiger partial charge in [0.15, 0.2) is 17.3 Å². The van der Waals surface area contributed by atoms with Gasteiger partial charge < -0.3 is 9.47 Å². The lowest BCUT2D eigenvalue weighted by molar-refractivity contribution is 0.0968. The zero-order valence-electron chi connectivity index (χ0n) is 20.2. The maximum atomic E-state index is 5.82. The van der Waals surface area contributed by atoms with Crippen molar-refractivity contribution in [2.75, 3.05) is 40.4 Å². The molecule has 1 saturated heterocycles. The molecule has 3 aromatic rings. The zero-order valence-corrected chi connectivity index (χ0v) is 20.2. The maximum absolute atomic E-state index is 5.82. The second kappa shape index (κ2) is 9.89. The summed E-state index contributed by atoms with van der Waals surface area (Å²) in [5, 5.41) is 12.9. The molecule has 0 bridgehead atoms. The second-order valence-corrected chi connectivity index (χ2v) is 9.40. The quantitative estimate of drug-likeness (QED) is 0.547. The molecule has 0 saturated carbocycles.